The lowest BCUT2D eigenvalue weighted by atomic mass is 10.1. The number of aromatic carboxylic acids is 1. The number of hydrogen-bond donors (Lipinski definition) is 2. The third-order valence-corrected chi connectivity index (χ3v) is 4.22. The fourth-order valence-corrected chi connectivity index (χ4v) is 2.81. The lowest BCUT2D eigenvalue weighted by Gasteiger charge is -2.16. The highest BCUT2D eigenvalue weighted by molar-refractivity contribution is 6.23. The van der Waals surface area contributed by atoms with Crippen molar-refractivity contribution in [3.05, 3.63) is 59.7 Å². The van der Waals surface area contributed by atoms with Crippen LogP contribution in [-0.2, 0) is 16.0 Å². The van der Waals surface area contributed by atoms with Gasteiger partial charge in [0.25, 0.3) is 5.91 Å². The van der Waals surface area contributed by atoms with Gasteiger partial charge in [0, 0.05) is 5.69 Å². The molecule has 1 atom stereocenters. The first-order valence-electron chi connectivity index (χ1n) is 8.05. The van der Waals surface area contributed by atoms with Gasteiger partial charge in [-0.15, -0.1) is 0 Å². The van der Waals surface area contributed by atoms with Crippen molar-refractivity contribution < 1.29 is 19.5 Å². The Labute approximate surface area is 145 Å². The maximum absolute atomic E-state index is 12.6. The van der Waals surface area contributed by atoms with Gasteiger partial charge in [-0.2, -0.15) is 0 Å². The number of carboxylic acid groups (broad SMARTS) is 1. The van der Waals surface area contributed by atoms with Crippen molar-refractivity contribution in [2.45, 2.75) is 25.8 Å². The van der Waals surface area contributed by atoms with Crippen LogP contribution >= 0.6 is 0 Å². The molecule has 25 heavy (non-hydrogen) atoms. The molecule has 128 valence electrons. The number of imide groups is 1. The van der Waals surface area contributed by atoms with E-state index in [0.717, 1.165) is 17.0 Å². The van der Waals surface area contributed by atoms with Crippen LogP contribution in [0.5, 0.6) is 0 Å². The third-order valence-electron chi connectivity index (χ3n) is 4.22. The lowest BCUT2D eigenvalue weighted by molar-refractivity contribution is -0.121. The number of aryl methyl sites for hydroxylation is 1. The Kier molecular flexibility index (Phi) is 4.52. The highest BCUT2D eigenvalue weighted by Crippen LogP contribution is 2.25. The van der Waals surface area contributed by atoms with Gasteiger partial charge in [0.1, 0.15) is 6.04 Å². The summed E-state index contributed by atoms with van der Waals surface area (Å²) in [5, 5.41) is 12.0. The fourth-order valence-electron chi connectivity index (χ4n) is 2.81. The molecule has 1 aliphatic heterocycles. The third kappa shape index (κ3) is 3.38. The summed E-state index contributed by atoms with van der Waals surface area (Å²) in [6.45, 7) is 2.06. The summed E-state index contributed by atoms with van der Waals surface area (Å²) in [6.07, 6.45) is 0.996. The number of benzene rings is 2. The molecule has 6 heteroatoms. The molecule has 2 amide bonds. The average Bonchev–Trinajstić information content (AvgIpc) is 2.89. The van der Waals surface area contributed by atoms with Gasteiger partial charge < -0.3 is 10.4 Å². The average molecular weight is 338 g/mol. The van der Waals surface area contributed by atoms with Gasteiger partial charge in [-0.1, -0.05) is 19.1 Å². The minimum atomic E-state index is -1.05. The Hall–Kier alpha value is -3.15. The number of nitrogens with one attached hydrogen (secondary N) is 1. The van der Waals surface area contributed by atoms with E-state index in [1.54, 1.807) is 0 Å². The van der Waals surface area contributed by atoms with E-state index in [1.165, 1.54) is 29.8 Å². The van der Waals surface area contributed by atoms with Crippen LogP contribution in [0.1, 0.15) is 29.3 Å². The van der Waals surface area contributed by atoms with Crippen LogP contribution in [0, 0.1) is 0 Å². The van der Waals surface area contributed by atoms with E-state index in [9.17, 15) is 14.4 Å². The quantitative estimate of drug-likeness (QED) is 0.819. The normalized spacial score (nSPS) is 17.0. The summed E-state index contributed by atoms with van der Waals surface area (Å²) in [4.78, 5) is 36.8. The Morgan fingerprint density at radius 1 is 1.12 bits per heavy atom. The number of carbonyl (C=O) groups is 3. The van der Waals surface area contributed by atoms with Crippen molar-refractivity contribution in [1.29, 1.82) is 0 Å². The summed E-state index contributed by atoms with van der Waals surface area (Å²) in [7, 11) is 0. The number of carbonyl (C=O) groups excluding carboxylic acids is 2. The van der Waals surface area contributed by atoms with Crippen molar-refractivity contribution in [2.75, 3.05) is 10.2 Å². The van der Waals surface area contributed by atoms with Gasteiger partial charge in [-0.05, 0) is 48.4 Å². The molecule has 0 bridgehead atoms. The molecule has 2 N–H and O–H groups in total. The molecule has 0 saturated carbocycles. The number of rotatable bonds is 5. The molecule has 2 aromatic rings. The van der Waals surface area contributed by atoms with Crippen molar-refractivity contribution in [3.63, 3.8) is 0 Å². The largest absolute Gasteiger partial charge is 0.478 e. The zero-order valence-electron chi connectivity index (χ0n) is 13.7. The molecule has 0 aromatic heterocycles. The van der Waals surface area contributed by atoms with Gasteiger partial charge >= 0.3 is 5.97 Å². The molecule has 1 aliphatic rings. The van der Waals surface area contributed by atoms with Crippen LogP contribution in [0.2, 0.25) is 0 Å². The summed E-state index contributed by atoms with van der Waals surface area (Å²) >= 11 is 0. The second-order valence-electron chi connectivity index (χ2n) is 5.87. The zero-order chi connectivity index (χ0) is 18.0. The second kappa shape index (κ2) is 6.76. The highest BCUT2D eigenvalue weighted by atomic mass is 16.4. The van der Waals surface area contributed by atoms with Gasteiger partial charge in [0.05, 0.1) is 17.7 Å². The number of nitrogens with zero attached hydrogens (tertiary/aromatic N) is 1. The standard InChI is InChI=1S/C19H18N2O4/c1-2-12-3-7-14(8-4-12)20-16-11-17(22)21(18(16)23)15-9-5-13(6-10-15)19(24)25/h3-10,16,20H,2,11H2,1H3,(H,24,25)/t16-/m0/s1. The van der Waals surface area contributed by atoms with Crippen molar-refractivity contribution >= 4 is 29.2 Å². The van der Waals surface area contributed by atoms with Crippen molar-refractivity contribution in [3.8, 4) is 0 Å². The van der Waals surface area contributed by atoms with Crippen molar-refractivity contribution in [2.24, 2.45) is 0 Å². The number of hydrogen-bond acceptors (Lipinski definition) is 4. The highest BCUT2D eigenvalue weighted by Gasteiger charge is 2.39. The Balaban J connectivity index is 1.76. The Morgan fingerprint density at radius 2 is 1.76 bits per heavy atom. The first kappa shape index (κ1) is 16.7. The molecule has 1 saturated heterocycles. The van der Waals surface area contributed by atoms with E-state index in [-0.39, 0.29) is 23.8 Å². The fraction of sp³-hybridized carbons (Fsp3) is 0.211. The smallest absolute Gasteiger partial charge is 0.335 e. The van der Waals surface area contributed by atoms with Crippen LogP contribution in [0.15, 0.2) is 48.5 Å². The predicted molar refractivity (Wildman–Crippen MR) is 93.7 cm³/mol. The topological polar surface area (TPSA) is 86.7 Å². The molecule has 0 radical (unpaired) electrons. The predicted octanol–water partition coefficient (Wildman–Crippen LogP) is 2.69. The number of amides is 2. The monoisotopic (exact) mass is 338 g/mol. The Bertz CT molecular complexity index is 812. The molecule has 2 aromatic carbocycles. The molecule has 0 unspecified atom stereocenters. The first-order chi connectivity index (χ1) is 12.0. The molecular weight excluding hydrogens is 320 g/mol. The van der Waals surface area contributed by atoms with Gasteiger partial charge in [-0.3, -0.25) is 9.59 Å². The minimum absolute atomic E-state index is 0.0645. The maximum atomic E-state index is 12.6. The van der Waals surface area contributed by atoms with Crippen LogP contribution in [0.25, 0.3) is 0 Å². The molecular formula is C19H18N2O4. The van der Waals surface area contributed by atoms with E-state index < -0.39 is 12.0 Å². The van der Waals surface area contributed by atoms with Gasteiger partial charge in [0.2, 0.25) is 5.91 Å². The van der Waals surface area contributed by atoms with E-state index in [4.69, 9.17) is 5.11 Å². The number of carboxylic acids is 1. The molecule has 6 nitrogen and oxygen atoms in total. The van der Waals surface area contributed by atoms with E-state index in [1.807, 2.05) is 24.3 Å². The molecule has 1 fully saturated rings. The van der Waals surface area contributed by atoms with E-state index in [2.05, 4.69) is 12.2 Å². The number of anilines is 2. The van der Waals surface area contributed by atoms with Gasteiger partial charge in [0.15, 0.2) is 0 Å². The zero-order valence-corrected chi connectivity index (χ0v) is 13.7. The van der Waals surface area contributed by atoms with Crippen LogP contribution in [0.3, 0.4) is 0 Å². The van der Waals surface area contributed by atoms with Crippen LogP contribution in [-0.4, -0.2) is 28.9 Å². The molecule has 0 aliphatic carbocycles. The van der Waals surface area contributed by atoms with Gasteiger partial charge in [-0.25, -0.2) is 9.69 Å². The minimum Gasteiger partial charge on any atom is -0.478 e. The second-order valence-corrected chi connectivity index (χ2v) is 5.87. The molecule has 0 spiro atoms. The van der Waals surface area contributed by atoms with E-state index in [0.29, 0.717) is 5.69 Å². The van der Waals surface area contributed by atoms with Crippen molar-refractivity contribution in [1.82, 2.24) is 0 Å². The molecule has 3 rings (SSSR count). The lowest BCUT2D eigenvalue weighted by Crippen LogP contribution is -2.34. The first-order valence-corrected chi connectivity index (χ1v) is 8.05. The Morgan fingerprint density at radius 3 is 2.32 bits per heavy atom. The summed E-state index contributed by atoms with van der Waals surface area (Å²) in [5.74, 6) is -1.70. The summed E-state index contributed by atoms with van der Waals surface area (Å²) in [6, 6.07) is 12.8. The van der Waals surface area contributed by atoms with Crippen LogP contribution in [0.4, 0.5) is 11.4 Å². The molecule has 1 heterocycles. The SMILES string of the molecule is CCc1ccc(N[C@H]2CC(=O)N(c3ccc(C(=O)O)cc3)C2=O)cc1. The maximum Gasteiger partial charge on any atom is 0.335 e. The van der Waals surface area contributed by atoms with Crippen LogP contribution < -0.4 is 10.2 Å². The summed E-state index contributed by atoms with van der Waals surface area (Å²) < 4.78 is 0. The summed E-state index contributed by atoms with van der Waals surface area (Å²) in [5.41, 5.74) is 2.46. The van der Waals surface area contributed by atoms with E-state index >= 15 is 0 Å².